The summed E-state index contributed by atoms with van der Waals surface area (Å²) >= 11 is 5.92. The van der Waals surface area contributed by atoms with Crippen LogP contribution in [0.4, 0.5) is 16.2 Å². The molecular weight excluding hydrogens is 354 g/mol. The van der Waals surface area contributed by atoms with Gasteiger partial charge < -0.3 is 20.3 Å². The van der Waals surface area contributed by atoms with Gasteiger partial charge >= 0.3 is 6.03 Å². The summed E-state index contributed by atoms with van der Waals surface area (Å²) in [5.41, 5.74) is 2.34. The number of anilines is 2. The lowest BCUT2D eigenvalue weighted by molar-refractivity contribution is -0.114. The number of ether oxygens (including phenoxy) is 1. The second-order valence-electron chi connectivity index (χ2n) is 6.05. The number of carbonyl (C=O) groups excluding carboxylic acids is 2. The SMILES string of the molecule is CC(=O)Nc1ccc(NC(=O)N2CCOC(c3ccc(Cl)cc3)C2)cc1. The van der Waals surface area contributed by atoms with Gasteiger partial charge in [0.25, 0.3) is 0 Å². The molecule has 1 fully saturated rings. The van der Waals surface area contributed by atoms with Crippen molar-refractivity contribution in [2.75, 3.05) is 30.3 Å². The predicted molar refractivity (Wildman–Crippen MR) is 101 cm³/mol. The summed E-state index contributed by atoms with van der Waals surface area (Å²) in [6, 6.07) is 14.3. The minimum absolute atomic E-state index is 0.136. The molecule has 26 heavy (non-hydrogen) atoms. The maximum atomic E-state index is 12.5. The number of morpholine rings is 1. The fourth-order valence-electron chi connectivity index (χ4n) is 2.76. The fraction of sp³-hybridized carbons (Fsp3) is 0.263. The molecule has 1 saturated heterocycles. The Hall–Kier alpha value is -2.57. The van der Waals surface area contributed by atoms with Gasteiger partial charge in [-0.15, -0.1) is 0 Å². The van der Waals surface area contributed by atoms with Crippen molar-refractivity contribution in [3.63, 3.8) is 0 Å². The van der Waals surface area contributed by atoms with Gasteiger partial charge in [0.05, 0.1) is 13.2 Å². The first-order chi connectivity index (χ1) is 12.5. The van der Waals surface area contributed by atoms with E-state index in [4.69, 9.17) is 16.3 Å². The molecule has 3 rings (SSSR count). The van der Waals surface area contributed by atoms with Crippen LogP contribution in [0.15, 0.2) is 48.5 Å². The summed E-state index contributed by atoms with van der Waals surface area (Å²) in [6.07, 6.45) is -0.172. The van der Waals surface area contributed by atoms with Crippen molar-refractivity contribution < 1.29 is 14.3 Å². The third-order valence-electron chi connectivity index (χ3n) is 4.05. The third kappa shape index (κ3) is 4.74. The number of nitrogens with one attached hydrogen (secondary N) is 2. The van der Waals surface area contributed by atoms with E-state index >= 15 is 0 Å². The van der Waals surface area contributed by atoms with E-state index in [1.54, 1.807) is 29.2 Å². The molecule has 0 bridgehead atoms. The molecule has 0 radical (unpaired) electrons. The van der Waals surface area contributed by atoms with Crippen LogP contribution in [0.2, 0.25) is 5.02 Å². The first-order valence-corrected chi connectivity index (χ1v) is 8.70. The fourth-order valence-corrected chi connectivity index (χ4v) is 2.88. The van der Waals surface area contributed by atoms with Gasteiger partial charge in [0.1, 0.15) is 6.10 Å². The van der Waals surface area contributed by atoms with Crippen LogP contribution in [0.1, 0.15) is 18.6 Å². The number of nitrogens with zero attached hydrogens (tertiary/aromatic N) is 1. The number of halogens is 1. The van der Waals surface area contributed by atoms with E-state index < -0.39 is 0 Å². The molecule has 7 heteroatoms. The summed E-state index contributed by atoms with van der Waals surface area (Å²) in [4.78, 5) is 25.3. The summed E-state index contributed by atoms with van der Waals surface area (Å²) < 4.78 is 5.78. The van der Waals surface area contributed by atoms with Crippen molar-refractivity contribution >= 4 is 34.9 Å². The first kappa shape index (κ1) is 18.2. The highest BCUT2D eigenvalue weighted by Crippen LogP contribution is 2.24. The normalized spacial score (nSPS) is 16.8. The monoisotopic (exact) mass is 373 g/mol. The number of carbonyl (C=O) groups is 2. The van der Waals surface area contributed by atoms with Crippen molar-refractivity contribution in [3.8, 4) is 0 Å². The van der Waals surface area contributed by atoms with Crippen LogP contribution in [0.25, 0.3) is 0 Å². The molecule has 0 saturated carbocycles. The molecule has 0 spiro atoms. The molecule has 1 aliphatic rings. The maximum Gasteiger partial charge on any atom is 0.322 e. The van der Waals surface area contributed by atoms with Crippen molar-refractivity contribution in [3.05, 3.63) is 59.1 Å². The Kier molecular flexibility index (Phi) is 5.75. The maximum absolute atomic E-state index is 12.5. The summed E-state index contributed by atoms with van der Waals surface area (Å²) in [7, 11) is 0. The molecule has 6 nitrogen and oxygen atoms in total. The van der Waals surface area contributed by atoms with E-state index in [9.17, 15) is 9.59 Å². The molecule has 1 atom stereocenters. The zero-order valence-corrected chi connectivity index (χ0v) is 15.1. The standard InChI is InChI=1S/C19H20ClN3O3/c1-13(24)21-16-6-8-17(9-7-16)22-19(25)23-10-11-26-18(12-23)14-2-4-15(20)5-3-14/h2-9,18H,10-12H2,1H3,(H,21,24)(H,22,25). The van der Waals surface area contributed by atoms with Crippen LogP contribution in [-0.4, -0.2) is 36.5 Å². The van der Waals surface area contributed by atoms with Gasteiger partial charge in [0.2, 0.25) is 5.91 Å². The minimum Gasteiger partial charge on any atom is -0.370 e. The lowest BCUT2D eigenvalue weighted by Crippen LogP contribution is -2.44. The van der Waals surface area contributed by atoms with Crippen LogP contribution in [0.3, 0.4) is 0 Å². The van der Waals surface area contributed by atoms with E-state index in [1.165, 1.54) is 6.92 Å². The second-order valence-corrected chi connectivity index (χ2v) is 6.48. The molecular formula is C19H20ClN3O3. The largest absolute Gasteiger partial charge is 0.370 e. The van der Waals surface area contributed by atoms with Gasteiger partial charge in [0, 0.05) is 29.9 Å². The average molecular weight is 374 g/mol. The molecule has 0 aliphatic carbocycles. The molecule has 2 aromatic carbocycles. The van der Waals surface area contributed by atoms with E-state index in [1.807, 2.05) is 24.3 Å². The Morgan fingerprint density at radius 2 is 1.65 bits per heavy atom. The van der Waals surface area contributed by atoms with Gasteiger partial charge in [0.15, 0.2) is 0 Å². The molecule has 3 amide bonds. The summed E-state index contributed by atoms with van der Waals surface area (Å²) in [5.74, 6) is -0.136. The Morgan fingerprint density at radius 3 is 2.27 bits per heavy atom. The Balaban J connectivity index is 1.60. The van der Waals surface area contributed by atoms with Gasteiger partial charge in [-0.1, -0.05) is 23.7 Å². The molecule has 2 N–H and O–H groups in total. The molecule has 2 aromatic rings. The van der Waals surface area contributed by atoms with Crippen LogP contribution in [0, 0.1) is 0 Å². The predicted octanol–water partition coefficient (Wildman–Crippen LogP) is 3.90. The lowest BCUT2D eigenvalue weighted by Gasteiger charge is -2.33. The van der Waals surface area contributed by atoms with Crippen molar-refractivity contribution in [1.29, 1.82) is 0 Å². The number of hydrogen-bond acceptors (Lipinski definition) is 3. The van der Waals surface area contributed by atoms with Gasteiger partial charge in [-0.3, -0.25) is 4.79 Å². The van der Waals surface area contributed by atoms with E-state index in [2.05, 4.69) is 10.6 Å². The van der Waals surface area contributed by atoms with E-state index in [0.29, 0.717) is 36.1 Å². The Morgan fingerprint density at radius 1 is 1.04 bits per heavy atom. The summed E-state index contributed by atoms with van der Waals surface area (Å²) in [5, 5.41) is 6.23. The molecule has 1 unspecified atom stereocenters. The second kappa shape index (κ2) is 8.21. The molecule has 1 heterocycles. The highest BCUT2D eigenvalue weighted by atomic mass is 35.5. The third-order valence-corrected chi connectivity index (χ3v) is 4.30. The van der Waals surface area contributed by atoms with Gasteiger partial charge in [-0.2, -0.15) is 0 Å². The Bertz CT molecular complexity index is 778. The van der Waals surface area contributed by atoms with Crippen LogP contribution in [0.5, 0.6) is 0 Å². The Labute approximate surface area is 157 Å². The van der Waals surface area contributed by atoms with Crippen LogP contribution < -0.4 is 10.6 Å². The van der Waals surface area contributed by atoms with Gasteiger partial charge in [-0.25, -0.2) is 4.79 Å². The zero-order valence-electron chi connectivity index (χ0n) is 14.4. The van der Waals surface area contributed by atoms with E-state index in [0.717, 1.165) is 5.56 Å². The number of rotatable bonds is 3. The van der Waals surface area contributed by atoms with Crippen LogP contribution >= 0.6 is 11.6 Å². The lowest BCUT2D eigenvalue weighted by atomic mass is 10.1. The average Bonchev–Trinajstić information content (AvgIpc) is 2.63. The number of urea groups is 1. The molecule has 1 aliphatic heterocycles. The summed E-state index contributed by atoms with van der Waals surface area (Å²) in [6.45, 7) is 2.92. The smallest absolute Gasteiger partial charge is 0.322 e. The molecule has 0 aromatic heterocycles. The number of amides is 3. The van der Waals surface area contributed by atoms with Crippen molar-refractivity contribution in [1.82, 2.24) is 4.90 Å². The van der Waals surface area contributed by atoms with Crippen LogP contribution in [-0.2, 0) is 9.53 Å². The van der Waals surface area contributed by atoms with Crippen molar-refractivity contribution in [2.45, 2.75) is 13.0 Å². The number of benzene rings is 2. The highest BCUT2D eigenvalue weighted by Gasteiger charge is 2.25. The van der Waals surface area contributed by atoms with E-state index in [-0.39, 0.29) is 18.0 Å². The molecule has 136 valence electrons. The number of hydrogen-bond donors (Lipinski definition) is 2. The zero-order chi connectivity index (χ0) is 18.5. The topological polar surface area (TPSA) is 70.7 Å². The van der Waals surface area contributed by atoms with Gasteiger partial charge in [-0.05, 0) is 42.0 Å². The first-order valence-electron chi connectivity index (χ1n) is 8.32. The van der Waals surface area contributed by atoms with Crippen molar-refractivity contribution in [2.24, 2.45) is 0 Å². The minimum atomic E-state index is -0.181. The quantitative estimate of drug-likeness (QED) is 0.857. The highest BCUT2D eigenvalue weighted by molar-refractivity contribution is 6.30.